The summed E-state index contributed by atoms with van der Waals surface area (Å²) < 4.78 is 36.0. The molecule has 1 saturated heterocycles. The number of ether oxygens (including phenoxy) is 1. The van der Waals surface area contributed by atoms with E-state index in [0.717, 1.165) is 36.4 Å². The van der Waals surface area contributed by atoms with Crippen molar-refractivity contribution >= 4 is 17.6 Å². The number of hydrogen-bond donors (Lipinski definition) is 1. The summed E-state index contributed by atoms with van der Waals surface area (Å²) in [7, 11) is 0. The maximum atomic E-state index is 14.5. The van der Waals surface area contributed by atoms with Crippen molar-refractivity contribution in [3.63, 3.8) is 0 Å². The average Bonchev–Trinajstić information content (AvgIpc) is 3.45. The van der Waals surface area contributed by atoms with E-state index in [-0.39, 0.29) is 30.0 Å². The van der Waals surface area contributed by atoms with Gasteiger partial charge in [0.1, 0.15) is 11.6 Å². The normalized spacial score (nSPS) is 19.6. The van der Waals surface area contributed by atoms with Gasteiger partial charge in [-0.2, -0.15) is 0 Å². The van der Waals surface area contributed by atoms with E-state index in [1.54, 1.807) is 4.90 Å². The van der Waals surface area contributed by atoms with Crippen LogP contribution in [0.3, 0.4) is 0 Å². The molecule has 34 heavy (non-hydrogen) atoms. The Morgan fingerprint density at radius 3 is 2.71 bits per heavy atom. The molecule has 0 saturated carbocycles. The molecule has 0 radical (unpaired) electrons. The lowest BCUT2D eigenvalue weighted by Crippen LogP contribution is -2.43. The number of aromatic nitrogens is 3. The van der Waals surface area contributed by atoms with Gasteiger partial charge in [-0.25, -0.2) is 13.6 Å². The Kier molecular flexibility index (Phi) is 6.12. The van der Waals surface area contributed by atoms with E-state index < -0.39 is 17.7 Å². The molecule has 1 fully saturated rings. The summed E-state index contributed by atoms with van der Waals surface area (Å²) in [6.07, 6.45) is 1.89. The number of nitrogens with one attached hydrogen (secondary N) is 1. The maximum absolute atomic E-state index is 14.5. The van der Waals surface area contributed by atoms with E-state index in [4.69, 9.17) is 16.3 Å². The van der Waals surface area contributed by atoms with Crippen molar-refractivity contribution in [2.45, 2.75) is 44.8 Å². The van der Waals surface area contributed by atoms with Gasteiger partial charge in [0.15, 0.2) is 17.4 Å². The van der Waals surface area contributed by atoms with Crippen molar-refractivity contribution in [3.05, 3.63) is 75.8 Å². The van der Waals surface area contributed by atoms with Gasteiger partial charge in [0.05, 0.1) is 30.8 Å². The molecule has 2 aliphatic rings. The van der Waals surface area contributed by atoms with E-state index in [1.807, 2.05) is 35.8 Å². The van der Waals surface area contributed by atoms with Crippen LogP contribution in [0.25, 0.3) is 0 Å². The number of urea groups is 1. The fraction of sp³-hybridized carbons (Fsp3) is 0.375. The Labute approximate surface area is 200 Å². The van der Waals surface area contributed by atoms with Crippen LogP contribution < -0.4 is 10.1 Å². The van der Waals surface area contributed by atoms with Crippen molar-refractivity contribution in [2.24, 2.45) is 0 Å². The average molecular weight is 488 g/mol. The van der Waals surface area contributed by atoms with Gasteiger partial charge in [-0.3, -0.25) is 0 Å². The third kappa shape index (κ3) is 4.20. The Morgan fingerprint density at radius 2 is 1.91 bits per heavy atom. The molecular formula is C24H24ClF2N5O2. The van der Waals surface area contributed by atoms with Crippen molar-refractivity contribution in [1.82, 2.24) is 25.0 Å². The highest BCUT2D eigenvalue weighted by Gasteiger charge is 2.36. The standard InChI is InChI=1S/C24H24ClF2N5O2/c1-14-29-30-23(32(14)13-15-4-6-16(25)7-5-15)20-3-2-11-31(20)24(33)28-19-10-12-34-22-18(27)9-8-17(26)21(19)22/h4-9,19-20H,2-3,10-13H2,1H3,(H,28,33)/t19-,20+/m0/s1. The predicted molar refractivity (Wildman–Crippen MR) is 122 cm³/mol. The summed E-state index contributed by atoms with van der Waals surface area (Å²) in [6.45, 7) is 3.15. The highest BCUT2D eigenvalue weighted by molar-refractivity contribution is 6.30. The van der Waals surface area contributed by atoms with Gasteiger partial charge in [-0.1, -0.05) is 23.7 Å². The summed E-state index contributed by atoms with van der Waals surface area (Å²) in [5.74, 6) is 0.0727. The molecule has 0 bridgehead atoms. The molecule has 10 heteroatoms. The van der Waals surface area contributed by atoms with E-state index in [0.29, 0.717) is 30.4 Å². The van der Waals surface area contributed by atoms with Crippen LogP contribution in [0.15, 0.2) is 36.4 Å². The molecule has 1 aromatic heterocycles. The first kappa shape index (κ1) is 22.6. The first-order chi connectivity index (χ1) is 16.4. The molecule has 3 heterocycles. The lowest BCUT2D eigenvalue weighted by atomic mass is 9.99. The molecule has 2 atom stereocenters. The van der Waals surface area contributed by atoms with E-state index in [2.05, 4.69) is 15.5 Å². The van der Waals surface area contributed by atoms with Crippen LogP contribution in [0.2, 0.25) is 5.02 Å². The first-order valence-corrected chi connectivity index (χ1v) is 11.6. The zero-order chi connectivity index (χ0) is 23.8. The number of fused-ring (bicyclic) bond motifs is 1. The molecule has 2 amide bonds. The smallest absolute Gasteiger partial charge is 0.318 e. The van der Waals surface area contributed by atoms with Crippen LogP contribution in [-0.2, 0) is 6.54 Å². The van der Waals surface area contributed by atoms with Gasteiger partial charge < -0.3 is 19.5 Å². The molecule has 0 spiro atoms. The third-order valence-electron chi connectivity index (χ3n) is 6.42. The predicted octanol–water partition coefficient (Wildman–Crippen LogP) is 4.94. The number of aryl methyl sites for hydroxylation is 1. The highest BCUT2D eigenvalue weighted by atomic mass is 35.5. The quantitative estimate of drug-likeness (QED) is 0.566. The SMILES string of the molecule is Cc1nnc([C@H]2CCCN2C(=O)N[C@H]2CCOc3c(F)ccc(F)c32)n1Cc1ccc(Cl)cc1. The van der Waals surface area contributed by atoms with E-state index >= 15 is 0 Å². The minimum Gasteiger partial charge on any atom is -0.490 e. The third-order valence-corrected chi connectivity index (χ3v) is 6.68. The fourth-order valence-corrected chi connectivity index (χ4v) is 4.84. The number of amides is 2. The fourth-order valence-electron chi connectivity index (χ4n) is 4.71. The summed E-state index contributed by atoms with van der Waals surface area (Å²) in [5.41, 5.74) is 1.09. The van der Waals surface area contributed by atoms with Crippen molar-refractivity contribution in [3.8, 4) is 5.75 Å². The van der Waals surface area contributed by atoms with E-state index in [1.165, 1.54) is 0 Å². The van der Waals surface area contributed by atoms with Gasteiger partial charge in [-0.15, -0.1) is 10.2 Å². The minimum atomic E-state index is -0.679. The topological polar surface area (TPSA) is 72.3 Å². The Bertz CT molecular complexity index is 1220. The van der Waals surface area contributed by atoms with E-state index in [9.17, 15) is 13.6 Å². The van der Waals surface area contributed by atoms with Gasteiger partial charge in [0.2, 0.25) is 0 Å². The number of carbonyl (C=O) groups is 1. The first-order valence-electron chi connectivity index (χ1n) is 11.2. The minimum absolute atomic E-state index is 0.0529. The summed E-state index contributed by atoms with van der Waals surface area (Å²) in [5, 5.41) is 12.2. The summed E-state index contributed by atoms with van der Waals surface area (Å²) in [6, 6.07) is 8.35. The van der Waals surface area contributed by atoms with Gasteiger partial charge in [0, 0.05) is 18.0 Å². The Hall–Kier alpha value is -3.20. The molecule has 0 unspecified atom stereocenters. The number of carbonyl (C=O) groups excluding carboxylic acids is 1. The second-order valence-electron chi connectivity index (χ2n) is 8.58. The molecular weight excluding hydrogens is 464 g/mol. The number of hydrogen-bond acceptors (Lipinski definition) is 4. The molecule has 2 aromatic carbocycles. The van der Waals surface area contributed by atoms with Crippen LogP contribution in [-0.4, -0.2) is 38.8 Å². The van der Waals surface area contributed by atoms with Crippen molar-refractivity contribution in [1.29, 1.82) is 0 Å². The lowest BCUT2D eigenvalue weighted by Gasteiger charge is -2.31. The molecule has 5 rings (SSSR count). The molecule has 7 nitrogen and oxygen atoms in total. The number of nitrogens with zero attached hydrogens (tertiary/aromatic N) is 4. The van der Waals surface area contributed by atoms with Gasteiger partial charge in [0.25, 0.3) is 0 Å². The van der Waals surface area contributed by atoms with Gasteiger partial charge in [-0.05, 0) is 49.6 Å². The zero-order valence-corrected chi connectivity index (χ0v) is 19.4. The number of halogens is 3. The summed E-state index contributed by atoms with van der Waals surface area (Å²) >= 11 is 6.01. The Balaban J connectivity index is 1.37. The molecule has 3 aromatic rings. The summed E-state index contributed by atoms with van der Waals surface area (Å²) in [4.78, 5) is 15.0. The van der Waals surface area contributed by atoms with Crippen molar-refractivity contribution < 1.29 is 18.3 Å². The number of benzene rings is 2. The van der Waals surface area contributed by atoms with Crippen molar-refractivity contribution in [2.75, 3.05) is 13.2 Å². The second kappa shape index (κ2) is 9.21. The van der Waals surface area contributed by atoms with Crippen LogP contribution >= 0.6 is 11.6 Å². The van der Waals surface area contributed by atoms with Crippen LogP contribution in [0.1, 0.15) is 54.1 Å². The molecule has 1 N–H and O–H groups in total. The maximum Gasteiger partial charge on any atom is 0.318 e. The van der Waals surface area contributed by atoms with Crippen LogP contribution in [0.4, 0.5) is 13.6 Å². The second-order valence-corrected chi connectivity index (χ2v) is 9.02. The zero-order valence-electron chi connectivity index (χ0n) is 18.6. The van der Waals surface area contributed by atoms with Crippen LogP contribution in [0, 0.1) is 18.6 Å². The van der Waals surface area contributed by atoms with Gasteiger partial charge >= 0.3 is 6.03 Å². The highest BCUT2D eigenvalue weighted by Crippen LogP contribution is 2.37. The monoisotopic (exact) mass is 487 g/mol. The number of likely N-dealkylation sites (tertiary alicyclic amines) is 1. The Morgan fingerprint density at radius 1 is 1.15 bits per heavy atom. The number of rotatable bonds is 4. The van der Waals surface area contributed by atoms with Crippen LogP contribution in [0.5, 0.6) is 5.75 Å². The molecule has 178 valence electrons. The lowest BCUT2D eigenvalue weighted by molar-refractivity contribution is 0.177. The molecule has 2 aliphatic heterocycles. The largest absolute Gasteiger partial charge is 0.490 e. The molecule has 0 aliphatic carbocycles.